The van der Waals surface area contributed by atoms with Crippen molar-refractivity contribution < 1.29 is 10.1 Å². The molecule has 18 heavy (non-hydrogen) atoms. The Morgan fingerprint density at radius 3 is 2.94 bits per heavy atom. The second-order valence-electron chi connectivity index (χ2n) is 5.22. The van der Waals surface area contributed by atoms with Crippen molar-refractivity contribution in [2.45, 2.75) is 39.7 Å². The van der Waals surface area contributed by atoms with Gasteiger partial charge < -0.3 is 19.5 Å². The topological polar surface area (TPSA) is 61.5 Å². The van der Waals surface area contributed by atoms with Crippen LogP contribution >= 0.6 is 0 Å². The van der Waals surface area contributed by atoms with E-state index in [9.17, 15) is 5.02 Å². The molecule has 0 bridgehead atoms. The van der Waals surface area contributed by atoms with Gasteiger partial charge in [0.25, 0.3) is 0 Å². The molecule has 2 N–H and O–H groups in total. The zero-order chi connectivity index (χ0) is 13.1. The number of hydrogen-bond donors (Lipinski definition) is 2. The van der Waals surface area contributed by atoms with Crippen molar-refractivity contribution in [2.75, 3.05) is 13.1 Å². The van der Waals surface area contributed by atoms with E-state index in [-0.39, 0.29) is 13.7 Å². The van der Waals surface area contributed by atoms with Gasteiger partial charge in [-0.15, -0.1) is 0 Å². The van der Waals surface area contributed by atoms with Crippen LogP contribution in [0, 0.1) is 12.8 Å². The van der Waals surface area contributed by atoms with Gasteiger partial charge in [-0.1, -0.05) is 0 Å². The molecule has 6 heteroatoms. The fourth-order valence-corrected chi connectivity index (χ4v) is 2.69. The molecule has 0 aromatic carbocycles. The molecule has 0 amide bonds. The van der Waals surface area contributed by atoms with Crippen LogP contribution in [0.3, 0.4) is 0 Å². The number of aliphatic hydroxyl groups excluding tert-OH is 1. The fourth-order valence-electron chi connectivity index (χ4n) is 2.69. The second-order valence-corrected chi connectivity index (χ2v) is 5.22. The molecule has 2 rings (SSSR count). The molecule has 1 atom stereocenters. The van der Waals surface area contributed by atoms with Gasteiger partial charge in [-0.05, 0) is 45.6 Å². The molecule has 1 aliphatic rings. The maximum atomic E-state index is 9.63. The van der Waals surface area contributed by atoms with Crippen molar-refractivity contribution in [3.63, 3.8) is 0 Å². The Labute approximate surface area is 109 Å². The highest BCUT2D eigenvalue weighted by molar-refractivity contribution is 6.45. The quantitative estimate of drug-likeness (QED) is 0.765. The van der Waals surface area contributed by atoms with E-state index in [1.165, 1.54) is 6.42 Å². The van der Waals surface area contributed by atoms with Crippen molar-refractivity contribution in [3.05, 3.63) is 17.7 Å². The number of aliphatic hydroxyl groups is 1. The van der Waals surface area contributed by atoms with Crippen LogP contribution in [-0.4, -0.2) is 44.6 Å². The monoisotopic (exact) mass is 251 g/mol. The number of hydrogen-bond acceptors (Lipinski definition) is 4. The number of aromatic nitrogens is 2. The average molecular weight is 251 g/mol. The van der Waals surface area contributed by atoms with Crippen LogP contribution < -0.4 is 0 Å². The van der Waals surface area contributed by atoms with Crippen LogP contribution in [0.5, 0.6) is 0 Å². The summed E-state index contributed by atoms with van der Waals surface area (Å²) in [6.45, 7) is 6.66. The summed E-state index contributed by atoms with van der Waals surface area (Å²) in [6.07, 6.45) is 4.13. The van der Waals surface area contributed by atoms with E-state index in [0.29, 0.717) is 5.92 Å². The molecule has 2 heterocycles. The van der Waals surface area contributed by atoms with Gasteiger partial charge in [0.2, 0.25) is 0 Å². The van der Waals surface area contributed by atoms with Gasteiger partial charge >= 0.3 is 7.05 Å². The third kappa shape index (κ3) is 2.94. The molecule has 0 saturated carbocycles. The Morgan fingerprint density at radius 1 is 1.56 bits per heavy atom. The number of imidazole rings is 1. The lowest BCUT2D eigenvalue weighted by Gasteiger charge is -2.33. The highest BCUT2D eigenvalue weighted by Crippen LogP contribution is 2.20. The fraction of sp³-hybridized carbons (Fsp3) is 0.750. The van der Waals surface area contributed by atoms with Gasteiger partial charge in [-0.3, -0.25) is 0 Å². The summed E-state index contributed by atoms with van der Waals surface area (Å²) < 4.78 is 2.11. The Kier molecular flexibility index (Phi) is 4.42. The predicted molar refractivity (Wildman–Crippen MR) is 71.0 cm³/mol. The Morgan fingerprint density at radius 2 is 2.33 bits per heavy atom. The molecule has 1 saturated heterocycles. The lowest BCUT2D eigenvalue weighted by Crippen LogP contribution is -2.45. The van der Waals surface area contributed by atoms with Crippen LogP contribution in [0.2, 0.25) is 6.82 Å². The average Bonchev–Trinajstić information content (AvgIpc) is 2.71. The maximum Gasteiger partial charge on any atom is 0.376 e. The Balaban J connectivity index is 1.98. The molecule has 0 unspecified atom stereocenters. The summed E-state index contributed by atoms with van der Waals surface area (Å²) in [5.41, 5.74) is 1.81. The van der Waals surface area contributed by atoms with Crippen molar-refractivity contribution in [1.82, 2.24) is 14.4 Å². The van der Waals surface area contributed by atoms with E-state index in [1.54, 1.807) is 0 Å². The summed E-state index contributed by atoms with van der Waals surface area (Å²) in [5, 5.41) is 18.8. The largest absolute Gasteiger partial charge is 0.437 e. The van der Waals surface area contributed by atoms with Crippen molar-refractivity contribution in [1.29, 1.82) is 0 Å². The first-order chi connectivity index (χ1) is 8.61. The molecule has 5 nitrogen and oxygen atoms in total. The van der Waals surface area contributed by atoms with E-state index in [4.69, 9.17) is 5.11 Å². The van der Waals surface area contributed by atoms with Gasteiger partial charge in [0.1, 0.15) is 0 Å². The van der Waals surface area contributed by atoms with E-state index in [1.807, 2.05) is 20.1 Å². The molecular formula is C12H22BN3O2. The molecule has 0 spiro atoms. The normalized spacial score (nSPS) is 21.2. The van der Waals surface area contributed by atoms with Crippen LogP contribution in [0.25, 0.3) is 0 Å². The highest BCUT2D eigenvalue weighted by atomic mass is 16.3. The SMILES string of the molecule is CB(O)N1CCC[C@@H](Cn2cnc(CO)c2C)C1. The molecule has 1 fully saturated rings. The smallest absolute Gasteiger partial charge is 0.376 e. The first-order valence-corrected chi connectivity index (χ1v) is 6.65. The highest BCUT2D eigenvalue weighted by Gasteiger charge is 2.25. The molecule has 1 aliphatic heterocycles. The molecule has 1 aromatic rings. The van der Waals surface area contributed by atoms with Gasteiger partial charge in [0, 0.05) is 12.2 Å². The van der Waals surface area contributed by atoms with Gasteiger partial charge in [-0.25, -0.2) is 4.98 Å². The van der Waals surface area contributed by atoms with E-state index >= 15 is 0 Å². The minimum atomic E-state index is -0.357. The standard InChI is InChI=1S/C12H22BN3O2/c1-10-12(8-17)14-9-15(10)6-11-4-3-5-16(7-11)13(2)18/h9,11,17-18H,3-8H2,1-2H3/t11-/m0/s1. The van der Waals surface area contributed by atoms with Gasteiger partial charge in [0.05, 0.1) is 18.6 Å². The van der Waals surface area contributed by atoms with E-state index in [2.05, 4.69) is 14.4 Å². The minimum Gasteiger partial charge on any atom is -0.437 e. The first kappa shape index (κ1) is 13.6. The molecule has 0 radical (unpaired) electrons. The predicted octanol–water partition coefficient (Wildman–Crippen LogP) is 0.506. The lowest BCUT2D eigenvalue weighted by atomic mass is 9.80. The van der Waals surface area contributed by atoms with Crippen LogP contribution in [0.15, 0.2) is 6.33 Å². The maximum absolute atomic E-state index is 9.63. The first-order valence-electron chi connectivity index (χ1n) is 6.65. The molecule has 1 aromatic heterocycles. The lowest BCUT2D eigenvalue weighted by molar-refractivity contribution is 0.224. The summed E-state index contributed by atoms with van der Waals surface area (Å²) in [6, 6.07) is 0. The summed E-state index contributed by atoms with van der Waals surface area (Å²) in [7, 11) is -0.357. The van der Waals surface area contributed by atoms with Crippen LogP contribution in [0.1, 0.15) is 24.2 Å². The third-order valence-electron chi connectivity index (χ3n) is 3.88. The number of piperidine rings is 1. The Bertz CT molecular complexity index is 395. The summed E-state index contributed by atoms with van der Waals surface area (Å²) >= 11 is 0. The Hall–Kier alpha value is -0.845. The van der Waals surface area contributed by atoms with Crippen LogP contribution in [0.4, 0.5) is 0 Å². The zero-order valence-electron chi connectivity index (χ0n) is 11.2. The molecule has 0 aliphatic carbocycles. The number of rotatable bonds is 4. The second kappa shape index (κ2) is 5.86. The van der Waals surface area contributed by atoms with Gasteiger partial charge in [0.15, 0.2) is 0 Å². The van der Waals surface area contributed by atoms with Crippen molar-refractivity contribution in [2.24, 2.45) is 5.92 Å². The summed E-state index contributed by atoms with van der Waals surface area (Å²) in [4.78, 5) is 6.32. The van der Waals surface area contributed by atoms with E-state index < -0.39 is 0 Å². The third-order valence-corrected chi connectivity index (χ3v) is 3.88. The van der Waals surface area contributed by atoms with Crippen molar-refractivity contribution >= 4 is 7.05 Å². The summed E-state index contributed by atoms with van der Waals surface area (Å²) in [5.74, 6) is 0.549. The minimum absolute atomic E-state index is 0.00327. The zero-order valence-corrected chi connectivity index (χ0v) is 11.2. The van der Waals surface area contributed by atoms with Crippen LogP contribution in [-0.2, 0) is 13.2 Å². The molecular weight excluding hydrogens is 229 g/mol. The molecule has 100 valence electrons. The number of nitrogens with zero attached hydrogens (tertiary/aromatic N) is 3. The van der Waals surface area contributed by atoms with E-state index in [0.717, 1.165) is 37.4 Å². The van der Waals surface area contributed by atoms with Crippen molar-refractivity contribution in [3.8, 4) is 0 Å². The van der Waals surface area contributed by atoms with Gasteiger partial charge in [-0.2, -0.15) is 0 Å².